The number of aliphatic hydroxyl groups is 2. The molecule has 3 aliphatic heterocycles. The van der Waals surface area contributed by atoms with E-state index in [0.717, 1.165) is 88.4 Å². The molecule has 3 fully saturated rings. The van der Waals surface area contributed by atoms with Crippen molar-refractivity contribution >= 4 is 18.0 Å². The molecule has 0 radical (unpaired) electrons. The van der Waals surface area contributed by atoms with Crippen LogP contribution in [0.15, 0.2) is 91.0 Å². The van der Waals surface area contributed by atoms with Gasteiger partial charge in [0.25, 0.3) is 0 Å². The lowest BCUT2D eigenvalue weighted by Crippen LogP contribution is -2.49. The maximum Gasteiger partial charge on any atom is 0.410 e. The van der Waals surface area contributed by atoms with Gasteiger partial charge in [0.05, 0.1) is 11.2 Å². The third-order valence-electron chi connectivity index (χ3n) is 13.6. The zero-order valence-corrected chi connectivity index (χ0v) is 43.3. The number of nitrogens with one attached hydrogen (secondary N) is 1. The summed E-state index contributed by atoms with van der Waals surface area (Å²) in [5.41, 5.74) is 0.238. The zero-order valence-electron chi connectivity index (χ0n) is 43.3. The quantitative estimate of drug-likeness (QED) is 0.0957. The van der Waals surface area contributed by atoms with Crippen LogP contribution >= 0.6 is 0 Å². The number of benzene rings is 3. The standard InChI is InChI=1S/C23H37NO3.C18H29NO.C17H23NO3/c1-5-6-7-11-16-23(26,19-13-9-8-10-14-19)20-15-12-17-24(18-20)21(25)27-22(2,3)4;1-2-3-4-8-13-18(20,16-10-6-5-7-11-16)17-12-9-14-19-15-17;1-17(2,3)21-16(20)18-11-7-10-14(12-18)15(19)13-8-5-4-6-9-13/h8-10,13-14,20,26H,5-7,11-12,15-18H2,1-4H3;5-7,10-11,17,19-20H,2-4,8-9,12-15H2,1H3;4-6,8-9,14H,7,10-12H2,1-3H3. The summed E-state index contributed by atoms with van der Waals surface area (Å²) in [4.78, 5) is 40.6. The van der Waals surface area contributed by atoms with E-state index >= 15 is 0 Å². The van der Waals surface area contributed by atoms with E-state index in [1.165, 1.54) is 38.5 Å². The van der Waals surface area contributed by atoms with E-state index in [2.05, 4.69) is 31.3 Å². The highest BCUT2D eigenvalue weighted by atomic mass is 16.6. The summed E-state index contributed by atoms with van der Waals surface area (Å²) in [6.07, 6.45) is 16.2. The van der Waals surface area contributed by atoms with Gasteiger partial charge in [-0.25, -0.2) is 9.59 Å². The highest BCUT2D eigenvalue weighted by Gasteiger charge is 2.42. The molecule has 0 saturated carbocycles. The molecule has 5 unspecified atom stereocenters. The number of nitrogens with zero attached hydrogens (tertiary/aromatic N) is 2. The fraction of sp³-hybridized carbons (Fsp3) is 0.638. The van der Waals surface area contributed by atoms with Crippen molar-refractivity contribution in [3.63, 3.8) is 0 Å². The van der Waals surface area contributed by atoms with Crippen LogP contribution in [0.1, 0.15) is 180 Å². The smallest absolute Gasteiger partial charge is 0.410 e. The van der Waals surface area contributed by atoms with Gasteiger partial charge in [-0.1, -0.05) is 156 Å². The molecule has 3 aromatic carbocycles. The topological polar surface area (TPSA) is 129 Å². The number of likely N-dealkylation sites (tertiary alicyclic amines) is 2. The highest BCUT2D eigenvalue weighted by Crippen LogP contribution is 2.41. The number of carbonyl (C=O) groups is 3. The monoisotopic (exact) mass is 940 g/mol. The second-order valence-electron chi connectivity index (χ2n) is 21.5. The number of amides is 2. The number of hydrogen-bond donors (Lipinski definition) is 3. The first-order valence-electron chi connectivity index (χ1n) is 26.2. The molecule has 3 aromatic rings. The number of ether oxygens (including phenoxy) is 2. The highest BCUT2D eigenvalue weighted by molar-refractivity contribution is 5.98. The van der Waals surface area contributed by atoms with Crippen molar-refractivity contribution in [2.24, 2.45) is 17.8 Å². The van der Waals surface area contributed by atoms with Crippen molar-refractivity contribution in [1.29, 1.82) is 0 Å². The molecule has 3 N–H and O–H groups in total. The molecule has 3 heterocycles. The van der Waals surface area contributed by atoms with Crippen molar-refractivity contribution in [1.82, 2.24) is 15.1 Å². The van der Waals surface area contributed by atoms with Gasteiger partial charge < -0.3 is 34.8 Å². The van der Waals surface area contributed by atoms with Crippen molar-refractivity contribution < 1.29 is 34.1 Å². The molecule has 68 heavy (non-hydrogen) atoms. The van der Waals surface area contributed by atoms with Crippen LogP contribution in [0.3, 0.4) is 0 Å². The Kier molecular flexibility index (Phi) is 23.0. The minimum atomic E-state index is -0.893. The second kappa shape index (κ2) is 27.8. The van der Waals surface area contributed by atoms with Gasteiger partial charge in [0.1, 0.15) is 11.2 Å². The Labute approximate surface area is 411 Å². The predicted molar refractivity (Wildman–Crippen MR) is 276 cm³/mol. The second-order valence-corrected chi connectivity index (χ2v) is 21.5. The Bertz CT molecular complexity index is 1890. The van der Waals surface area contributed by atoms with E-state index in [0.29, 0.717) is 37.7 Å². The summed E-state index contributed by atoms with van der Waals surface area (Å²) in [6, 6.07) is 29.6. The summed E-state index contributed by atoms with van der Waals surface area (Å²) in [6.45, 7) is 20.0. The largest absolute Gasteiger partial charge is 0.444 e. The molecule has 0 spiro atoms. The minimum absolute atomic E-state index is 0.0304. The molecular formula is C58H89N3O7. The van der Waals surface area contributed by atoms with E-state index in [1.807, 2.05) is 120 Å². The van der Waals surface area contributed by atoms with Crippen molar-refractivity contribution in [3.05, 3.63) is 108 Å². The van der Waals surface area contributed by atoms with Crippen molar-refractivity contribution in [3.8, 4) is 0 Å². The van der Waals surface area contributed by atoms with E-state index < -0.39 is 22.4 Å². The first kappa shape index (κ1) is 56.3. The van der Waals surface area contributed by atoms with Crippen LogP contribution in [-0.2, 0) is 20.7 Å². The maximum absolute atomic E-state index is 12.5. The van der Waals surface area contributed by atoms with Gasteiger partial charge in [-0.3, -0.25) is 4.79 Å². The van der Waals surface area contributed by atoms with Crippen molar-refractivity contribution in [2.75, 3.05) is 39.3 Å². The summed E-state index contributed by atoms with van der Waals surface area (Å²) in [5.74, 6) is 0.362. The van der Waals surface area contributed by atoms with E-state index in [4.69, 9.17) is 9.47 Å². The minimum Gasteiger partial charge on any atom is -0.444 e. The number of hydrogen-bond acceptors (Lipinski definition) is 8. The zero-order chi connectivity index (χ0) is 49.6. The molecule has 6 rings (SSSR count). The molecule has 2 amide bonds. The van der Waals surface area contributed by atoms with Crippen molar-refractivity contribution in [2.45, 2.75) is 181 Å². The molecule has 10 heteroatoms. The fourth-order valence-electron chi connectivity index (χ4n) is 9.90. The number of ketones is 1. The van der Waals surface area contributed by atoms with Crippen LogP contribution in [0.25, 0.3) is 0 Å². The third kappa shape index (κ3) is 18.2. The van der Waals surface area contributed by atoms with Crippen LogP contribution in [-0.4, -0.2) is 88.5 Å². The lowest BCUT2D eigenvalue weighted by Gasteiger charge is -2.43. The van der Waals surface area contributed by atoms with E-state index in [1.54, 1.807) is 9.80 Å². The maximum atomic E-state index is 12.5. The normalized spacial score (nSPS) is 20.5. The number of Topliss-reactive ketones (excluding diaryl/α,β-unsaturated/α-hetero) is 1. The van der Waals surface area contributed by atoms with Gasteiger partial charge in [-0.2, -0.15) is 0 Å². The lowest BCUT2D eigenvalue weighted by atomic mass is 9.74. The van der Waals surface area contributed by atoms with Gasteiger partial charge in [-0.15, -0.1) is 0 Å². The molecular weight excluding hydrogens is 851 g/mol. The Morgan fingerprint density at radius 3 is 1.47 bits per heavy atom. The summed E-state index contributed by atoms with van der Waals surface area (Å²) in [5, 5.41) is 26.6. The molecule has 0 aromatic heterocycles. The first-order chi connectivity index (χ1) is 32.4. The number of piperidine rings is 3. The summed E-state index contributed by atoms with van der Waals surface area (Å²) >= 11 is 0. The van der Waals surface area contributed by atoms with Crippen LogP contribution in [0.5, 0.6) is 0 Å². The van der Waals surface area contributed by atoms with E-state index in [-0.39, 0.29) is 29.8 Å². The third-order valence-corrected chi connectivity index (χ3v) is 13.6. The number of unbranched alkanes of at least 4 members (excludes halogenated alkanes) is 6. The summed E-state index contributed by atoms with van der Waals surface area (Å²) in [7, 11) is 0. The Hall–Kier alpha value is -4.25. The average Bonchev–Trinajstić information content (AvgIpc) is 3.34. The number of rotatable bonds is 16. The predicted octanol–water partition coefficient (Wildman–Crippen LogP) is 12.9. The van der Waals surface area contributed by atoms with Gasteiger partial charge in [0, 0.05) is 56.0 Å². The van der Waals surface area contributed by atoms with Gasteiger partial charge in [-0.05, 0) is 111 Å². The molecule has 10 nitrogen and oxygen atoms in total. The van der Waals surface area contributed by atoms with Gasteiger partial charge in [0.2, 0.25) is 0 Å². The molecule has 0 aliphatic carbocycles. The van der Waals surface area contributed by atoms with Crippen LogP contribution in [0, 0.1) is 17.8 Å². The molecule has 3 aliphatic rings. The Balaban J connectivity index is 0.000000226. The van der Waals surface area contributed by atoms with Gasteiger partial charge >= 0.3 is 12.2 Å². The number of carbonyl (C=O) groups excluding carboxylic acids is 3. The summed E-state index contributed by atoms with van der Waals surface area (Å²) < 4.78 is 10.9. The molecule has 5 atom stereocenters. The van der Waals surface area contributed by atoms with E-state index in [9.17, 15) is 24.6 Å². The molecule has 0 bridgehead atoms. The average molecular weight is 940 g/mol. The van der Waals surface area contributed by atoms with Crippen LogP contribution < -0.4 is 5.32 Å². The van der Waals surface area contributed by atoms with Gasteiger partial charge in [0.15, 0.2) is 5.78 Å². The fourth-order valence-corrected chi connectivity index (χ4v) is 9.90. The Morgan fingerprint density at radius 2 is 1.01 bits per heavy atom. The van der Waals surface area contributed by atoms with Crippen LogP contribution in [0.4, 0.5) is 9.59 Å². The molecule has 3 saturated heterocycles. The Morgan fingerprint density at radius 1 is 0.574 bits per heavy atom. The van der Waals surface area contributed by atoms with Crippen LogP contribution in [0.2, 0.25) is 0 Å². The first-order valence-corrected chi connectivity index (χ1v) is 26.2. The lowest BCUT2D eigenvalue weighted by molar-refractivity contribution is -0.0637. The SMILES string of the molecule is CC(C)(C)OC(=O)N1CCCC(C(=O)c2ccccc2)C1.CCCCCCC(O)(c1ccccc1)C1CCCN(C(=O)OC(C)(C)C)C1.CCCCCCC(O)(c1ccccc1)C1CCCNC1. The molecule has 378 valence electrons.